The number of carbonyl (C=O) groups is 1. The summed E-state index contributed by atoms with van der Waals surface area (Å²) in [4.78, 5) is 20.4. The van der Waals surface area contributed by atoms with E-state index in [4.69, 9.17) is 9.72 Å². The molecular weight excluding hydrogens is 440 g/mol. The normalized spacial score (nSPS) is 12.1. The van der Waals surface area contributed by atoms with Crippen molar-refractivity contribution in [3.63, 3.8) is 0 Å². The van der Waals surface area contributed by atoms with E-state index in [0.717, 1.165) is 16.7 Å². The highest BCUT2D eigenvalue weighted by molar-refractivity contribution is 5.87. The average molecular weight is 472 g/mol. The van der Waals surface area contributed by atoms with Gasteiger partial charge in [-0.2, -0.15) is 0 Å². The minimum Gasteiger partial charge on any atom is -0.543 e. The van der Waals surface area contributed by atoms with Crippen molar-refractivity contribution in [1.29, 1.82) is 0 Å². The highest BCUT2D eigenvalue weighted by atomic mass is 16.5. The minimum atomic E-state index is -1.33. The third-order valence-electron chi connectivity index (χ3n) is 5.92. The molecule has 0 aliphatic rings. The Hall–Kier alpha value is -3.87. The number of nitrogens with one attached hydrogen (secondary N) is 1. The number of carboxylic acids is 1. The van der Waals surface area contributed by atoms with E-state index in [1.54, 1.807) is 6.07 Å². The standard InChI is InChI=1S/C28H32N4O3/c1-27(2,3)17-9-8-10-18(15-17)30-26-31-20-16-19(11-12-21(20)32(26)7)35-22-13-14-29-24(25(33)34)23(22)28(4,5)6/h8-16H,1-7H3,(H,30,31)(H,33,34)/p-1. The van der Waals surface area contributed by atoms with Crippen molar-refractivity contribution in [2.75, 3.05) is 5.32 Å². The van der Waals surface area contributed by atoms with Crippen LogP contribution in [0.15, 0.2) is 54.7 Å². The summed E-state index contributed by atoms with van der Waals surface area (Å²) in [6.07, 6.45) is 1.42. The Morgan fingerprint density at radius 2 is 1.74 bits per heavy atom. The second-order valence-electron chi connectivity index (χ2n) is 10.8. The lowest BCUT2D eigenvalue weighted by Gasteiger charge is -2.25. The molecule has 2 heterocycles. The van der Waals surface area contributed by atoms with Crippen molar-refractivity contribution in [2.24, 2.45) is 7.05 Å². The summed E-state index contributed by atoms with van der Waals surface area (Å²) in [6, 6.07) is 15.6. The van der Waals surface area contributed by atoms with Crippen LogP contribution in [0, 0.1) is 0 Å². The summed E-state index contributed by atoms with van der Waals surface area (Å²) in [7, 11) is 1.96. The lowest BCUT2D eigenvalue weighted by molar-refractivity contribution is -0.255. The summed E-state index contributed by atoms with van der Waals surface area (Å²) in [5, 5.41) is 15.1. The Kier molecular flexibility index (Phi) is 6.05. The van der Waals surface area contributed by atoms with E-state index in [1.807, 2.05) is 62.7 Å². The second-order valence-corrected chi connectivity index (χ2v) is 10.8. The van der Waals surface area contributed by atoms with E-state index in [0.29, 0.717) is 23.0 Å². The van der Waals surface area contributed by atoms with Gasteiger partial charge in [0.2, 0.25) is 5.95 Å². The molecule has 182 valence electrons. The molecule has 7 nitrogen and oxygen atoms in total. The van der Waals surface area contributed by atoms with Gasteiger partial charge >= 0.3 is 0 Å². The van der Waals surface area contributed by atoms with Crippen LogP contribution in [0.4, 0.5) is 11.6 Å². The van der Waals surface area contributed by atoms with Crippen LogP contribution in [0.2, 0.25) is 0 Å². The van der Waals surface area contributed by atoms with Crippen LogP contribution in [0.1, 0.15) is 63.2 Å². The van der Waals surface area contributed by atoms with Crippen molar-refractivity contribution in [3.05, 3.63) is 71.5 Å². The lowest BCUT2D eigenvalue weighted by Crippen LogP contribution is -2.29. The number of nitrogens with zero attached hydrogens (tertiary/aromatic N) is 3. The van der Waals surface area contributed by atoms with Crippen LogP contribution >= 0.6 is 0 Å². The maximum atomic E-state index is 11.7. The smallest absolute Gasteiger partial charge is 0.208 e. The molecule has 1 N–H and O–H groups in total. The van der Waals surface area contributed by atoms with Gasteiger partial charge in [-0.05, 0) is 46.7 Å². The molecule has 4 rings (SSSR count). The largest absolute Gasteiger partial charge is 0.543 e. The first kappa shape index (κ1) is 24.3. The van der Waals surface area contributed by atoms with Crippen LogP contribution < -0.4 is 15.2 Å². The summed E-state index contributed by atoms with van der Waals surface area (Å²) in [6.45, 7) is 12.3. The highest BCUT2D eigenvalue weighted by Crippen LogP contribution is 2.37. The van der Waals surface area contributed by atoms with Gasteiger partial charge in [0, 0.05) is 30.6 Å². The first-order valence-electron chi connectivity index (χ1n) is 11.6. The van der Waals surface area contributed by atoms with Gasteiger partial charge in [0.15, 0.2) is 0 Å². The number of carboxylic acid groups (broad SMARTS) is 1. The van der Waals surface area contributed by atoms with Gasteiger partial charge in [-0.1, -0.05) is 53.7 Å². The van der Waals surface area contributed by atoms with Gasteiger partial charge in [-0.15, -0.1) is 0 Å². The molecule has 7 heteroatoms. The van der Waals surface area contributed by atoms with Crippen molar-refractivity contribution in [3.8, 4) is 11.5 Å². The van der Waals surface area contributed by atoms with Crippen LogP contribution in [0.3, 0.4) is 0 Å². The third kappa shape index (κ3) is 4.99. The molecule has 35 heavy (non-hydrogen) atoms. The SMILES string of the molecule is Cn1c(Nc2cccc(C(C)(C)C)c2)nc2cc(Oc3ccnc(C(=O)[O-])c3C(C)(C)C)ccc21. The minimum absolute atomic E-state index is 0.0473. The fourth-order valence-corrected chi connectivity index (χ4v) is 4.08. The van der Waals surface area contributed by atoms with Gasteiger partial charge < -0.3 is 24.5 Å². The molecule has 2 aromatic carbocycles. The highest BCUT2D eigenvalue weighted by Gasteiger charge is 2.25. The summed E-state index contributed by atoms with van der Waals surface area (Å²) >= 11 is 0. The van der Waals surface area contributed by atoms with Gasteiger partial charge in [0.1, 0.15) is 11.5 Å². The van der Waals surface area contributed by atoms with Crippen molar-refractivity contribution in [1.82, 2.24) is 14.5 Å². The Labute approximate surface area is 205 Å². The molecule has 2 aromatic heterocycles. The molecular formula is C28H31N4O3-. The molecule has 0 aliphatic heterocycles. The number of rotatable bonds is 5. The lowest BCUT2D eigenvalue weighted by atomic mass is 9.85. The quantitative estimate of drug-likeness (QED) is 0.415. The van der Waals surface area contributed by atoms with Crippen LogP contribution in [0.5, 0.6) is 11.5 Å². The molecule has 0 unspecified atom stereocenters. The number of aryl methyl sites for hydroxylation is 1. The van der Waals surface area contributed by atoms with Crippen LogP contribution in [0.25, 0.3) is 11.0 Å². The molecule has 0 saturated carbocycles. The zero-order chi connectivity index (χ0) is 25.5. The maximum absolute atomic E-state index is 11.7. The fourth-order valence-electron chi connectivity index (χ4n) is 4.08. The Balaban J connectivity index is 1.68. The number of hydrogen-bond donors (Lipinski definition) is 1. The van der Waals surface area contributed by atoms with Crippen molar-refractivity contribution < 1.29 is 14.6 Å². The predicted octanol–water partition coefficient (Wildman–Crippen LogP) is 5.46. The number of imidazole rings is 1. The van der Waals surface area contributed by atoms with E-state index in [2.05, 4.69) is 43.2 Å². The zero-order valence-corrected chi connectivity index (χ0v) is 21.3. The Morgan fingerprint density at radius 1 is 1.00 bits per heavy atom. The summed E-state index contributed by atoms with van der Waals surface area (Å²) < 4.78 is 8.14. The molecule has 0 amide bonds. The summed E-state index contributed by atoms with van der Waals surface area (Å²) in [5.74, 6) is 0.366. The number of ether oxygens (including phenoxy) is 1. The van der Waals surface area contributed by atoms with Gasteiger partial charge in [-0.3, -0.25) is 4.98 Å². The monoisotopic (exact) mass is 471 g/mol. The third-order valence-corrected chi connectivity index (χ3v) is 5.92. The molecule has 0 saturated heterocycles. The van der Waals surface area contributed by atoms with Crippen molar-refractivity contribution in [2.45, 2.75) is 52.4 Å². The average Bonchev–Trinajstić information content (AvgIpc) is 3.07. The molecule has 0 aliphatic carbocycles. The number of aromatic carboxylic acids is 1. The van der Waals surface area contributed by atoms with E-state index in [1.165, 1.54) is 11.8 Å². The second kappa shape index (κ2) is 8.73. The number of aromatic nitrogens is 3. The topological polar surface area (TPSA) is 92.1 Å². The fraction of sp³-hybridized carbons (Fsp3) is 0.321. The van der Waals surface area contributed by atoms with Crippen LogP contribution in [-0.2, 0) is 17.9 Å². The number of benzene rings is 2. The first-order chi connectivity index (χ1) is 16.3. The van der Waals surface area contributed by atoms with Gasteiger partial charge in [0.25, 0.3) is 0 Å². The Bertz CT molecular complexity index is 1410. The van der Waals surface area contributed by atoms with Crippen molar-refractivity contribution >= 4 is 28.6 Å². The number of fused-ring (bicyclic) bond motifs is 1. The first-order valence-corrected chi connectivity index (χ1v) is 11.6. The number of hydrogen-bond acceptors (Lipinski definition) is 6. The zero-order valence-electron chi connectivity index (χ0n) is 21.3. The molecule has 0 bridgehead atoms. The molecule has 4 aromatic rings. The number of anilines is 2. The van der Waals surface area contributed by atoms with E-state index in [-0.39, 0.29) is 11.1 Å². The molecule has 0 atom stereocenters. The molecule has 0 fully saturated rings. The number of pyridine rings is 1. The van der Waals surface area contributed by atoms with E-state index >= 15 is 0 Å². The van der Waals surface area contributed by atoms with Crippen LogP contribution in [-0.4, -0.2) is 20.5 Å². The number of carbonyl (C=O) groups excluding carboxylic acids is 1. The Morgan fingerprint density at radius 3 is 2.40 bits per heavy atom. The van der Waals surface area contributed by atoms with Gasteiger partial charge in [0.05, 0.1) is 22.7 Å². The summed E-state index contributed by atoms with van der Waals surface area (Å²) in [5.41, 5.74) is 3.81. The molecule has 0 radical (unpaired) electrons. The van der Waals surface area contributed by atoms with E-state index in [9.17, 15) is 9.90 Å². The molecule has 0 spiro atoms. The maximum Gasteiger partial charge on any atom is 0.208 e. The van der Waals surface area contributed by atoms with E-state index < -0.39 is 11.4 Å². The predicted molar refractivity (Wildman–Crippen MR) is 136 cm³/mol. The van der Waals surface area contributed by atoms with Gasteiger partial charge in [-0.25, -0.2) is 4.98 Å².